The number of aromatic nitrogens is 2. The van der Waals surface area contributed by atoms with Crippen molar-refractivity contribution in [2.75, 3.05) is 0 Å². The number of nitrogens with zero attached hydrogens (tertiary/aromatic N) is 3. The zero-order valence-electron chi connectivity index (χ0n) is 14.1. The summed E-state index contributed by atoms with van der Waals surface area (Å²) < 4.78 is 1.79. The van der Waals surface area contributed by atoms with E-state index in [-0.39, 0.29) is 5.78 Å². The van der Waals surface area contributed by atoms with E-state index in [0.717, 1.165) is 16.9 Å². The second kappa shape index (κ2) is 6.98. The van der Waals surface area contributed by atoms with E-state index in [9.17, 15) is 4.79 Å². The largest absolute Gasteiger partial charge is 0.289 e. The van der Waals surface area contributed by atoms with Crippen molar-refractivity contribution in [3.63, 3.8) is 0 Å². The van der Waals surface area contributed by atoms with Gasteiger partial charge in [-0.2, -0.15) is 10.4 Å². The highest BCUT2D eigenvalue weighted by Crippen LogP contribution is 2.19. The average molecular weight is 327 g/mol. The van der Waals surface area contributed by atoms with Gasteiger partial charge in [0.15, 0.2) is 5.78 Å². The van der Waals surface area contributed by atoms with Crippen molar-refractivity contribution in [2.24, 2.45) is 0 Å². The maximum atomic E-state index is 12.6. The van der Waals surface area contributed by atoms with Crippen LogP contribution in [0.3, 0.4) is 0 Å². The summed E-state index contributed by atoms with van der Waals surface area (Å²) in [5, 5.41) is 13.3. The molecule has 3 aromatic rings. The van der Waals surface area contributed by atoms with E-state index >= 15 is 0 Å². The van der Waals surface area contributed by atoms with Crippen LogP contribution in [0.15, 0.2) is 60.7 Å². The van der Waals surface area contributed by atoms with Crippen LogP contribution in [0.25, 0.3) is 11.8 Å². The number of allylic oxidation sites excluding steroid dienone is 1. The molecule has 0 saturated heterocycles. The van der Waals surface area contributed by atoms with E-state index < -0.39 is 0 Å². The molecular weight excluding hydrogens is 310 g/mol. The summed E-state index contributed by atoms with van der Waals surface area (Å²) in [5.74, 6) is -0.0819. The van der Waals surface area contributed by atoms with E-state index in [0.29, 0.717) is 16.8 Å². The second-order valence-electron chi connectivity index (χ2n) is 5.72. The van der Waals surface area contributed by atoms with Crippen molar-refractivity contribution in [1.29, 1.82) is 5.26 Å². The second-order valence-corrected chi connectivity index (χ2v) is 5.72. The predicted octanol–water partition coefficient (Wildman–Crippen LogP) is 4.26. The fraction of sp³-hybridized carbons (Fsp3) is 0.0952. The molecule has 0 saturated carbocycles. The number of carbonyl (C=O) groups excluding carboxylic acids is 1. The van der Waals surface area contributed by atoms with Gasteiger partial charge < -0.3 is 0 Å². The Labute approximate surface area is 146 Å². The molecule has 4 nitrogen and oxygen atoms in total. The van der Waals surface area contributed by atoms with Crippen LogP contribution in [-0.2, 0) is 0 Å². The lowest BCUT2D eigenvalue weighted by Gasteiger charge is -2.04. The van der Waals surface area contributed by atoms with Crippen LogP contribution in [0.2, 0.25) is 0 Å². The first-order chi connectivity index (χ1) is 12.1. The number of ketones is 1. The van der Waals surface area contributed by atoms with Crippen molar-refractivity contribution in [2.45, 2.75) is 13.8 Å². The molecule has 0 unspecified atom stereocenters. The molecule has 122 valence electrons. The number of rotatable bonds is 4. The van der Waals surface area contributed by atoms with Gasteiger partial charge in [0.05, 0.1) is 34.3 Å². The zero-order chi connectivity index (χ0) is 17.8. The van der Waals surface area contributed by atoms with E-state index in [1.165, 1.54) is 0 Å². The van der Waals surface area contributed by atoms with Gasteiger partial charge in [-0.3, -0.25) is 4.79 Å². The highest BCUT2D eigenvalue weighted by molar-refractivity contribution is 6.08. The summed E-state index contributed by atoms with van der Waals surface area (Å²) in [7, 11) is 0. The fourth-order valence-corrected chi connectivity index (χ4v) is 2.74. The van der Waals surface area contributed by atoms with Crippen LogP contribution in [0, 0.1) is 25.2 Å². The van der Waals surface area contributed by atoms with Crippen LogP contribution in [-0.4, -0.2) is 15.6 Å². The number of benzene rings is 2. The van der Waals surface area contributed by atoms with Gasteiger partial charge in [0.25, 0.3) is 0 Å². The molecule has 0 radical (unpaired) electrons. The monoisotopic (exact) mass is 327 g/mol. The molecule has 0 fully saturated rings. The molecule has 0 amide bonds. The van der Waals surface area contributed by atoms with Crippen molar-refractivity contribution < 1.29 is 4.79 Å². The predicted molar refractivity (Wildman–Crippen MR) is 97.6 cm³/mol. The lowest BCUT2D eigenvalue weighted by atomic mass is 10.1. The van der Waals surface area contributed by atoms with Crippen LogP contribution in [0.4, 0.5) is 0 Å². The fourth-order valence-electron chi connectivity index (χ4n) is 2.74. The lowest BCUT2D eigenvalue weighted by molar-refractivity contribution is 0.104. The van der Waals surface area contributed by atoms with Crippen LogP contribution in [0.1, 0.15) is 32.9 Å². The first-order valence-electron chi connectivity index (χ1n) is 7.94. The van der Waals surface area contributed by atoms with Gasteiger partial charge in [-0.15, -0.1) is 0 Å². The maximum Gasteiger partial charge on any atom is 0.189 e. The zero-order valence-corrected chi connectivity index (χ0v) is 14.1. The third kappa shape index (κ3) is 3.41. The smallest absolute Gasteiger partial charge is 0.189 e. The van der Waals surface area contributed by atoms with E-state index in [1.807, 2.05) is 56.3 Å². The number of nitriles is 1. The Kier molecular flexibility index (Phi) is 4.58. The SMILES string of the molecule is Cc1nn(-c2ccccc2)c(C)c1C(=O)/C=C\c1ccc(C#N)cc1. The van der Waals surface area contributed by atoms with E-state index in [2.05, 4.69) is 11.2 Å². The van der Waals surface area contributed by atoms with E-state index in [4.69, 9.17) is 5.26 Å². The lowest BCUT2D eigenvalue weighted by Crippen LogP contribution is -2.01. The summed E-state index contributed by atoms with van der Waals surface area (Å²) in [5.41, 5.74) is 4.54. The molecule has 0 spiro atoms. The molecule has 3 rings (SSSR count). The quantitative estimate of drug-likeness (QED) is 0.531. The van der Waals surface area contributed by atoms with Gasteiger partial charge in [0, 0.05) is 0 Å². The van der Waals surface area contributed by atoms with Gasteiger partial charge in [0.1, 0.15) is 0 Å². The number of aryl methyl sites for hydroxylation is 1. The Morgan fingerprint density at radius 2 is 1.76 bits per heavy atom. The number of para-hydroxylation sites is 1. The van der Waals surface area contributed by atoms with Crippen molar-refractivity contribution in [3.8, 4) is 11.8 Å². The molecule has 1 aromatic heterocycles. The van der Waals surface area contributed by atoms with Crippen LogP contribution in [0.5, 0.6) is 0 Å². The molecule has 0 bridgehead atoms. The molecule has 0 atom stereocenters. The average Bonchev–Trinajstić information content (AvgIpc) is 2.95. The third-order valence-corrected chi connectivity index (χ3v) is 4.01. The third-order valence-electron chi connectivity index (χ3n) is 4.01. The molecule has 0 aliphatic carbocycles. The molecular formula is C21H17N3O. The van der Waals surface area contributed by atoms with Crippen molar-refractivity contribution in [3.05, 3.63) is 88.8 Å². The molecule has 0 aliphatic heterocycles. The number of hydrogen-bond donors (Lipinski definition) is 0. The minimum absolute atomic E-state index is 0.0819. The highest BCUT2D eigenvalue weighted by Gasteiger charge is 2.17. The highest BCUT2D eigenvalue weighted by atomic mass is 16.1. The summed E-state index contributed by atoms with van der Waals surface area (Å²) in [4.78, 5) is 12.6. The minimum Gasteiger partial charge on any atom is -0.289 e. The first-order valence-corrected chi connectivity index (χ1v) is 7.94. The topological polar surface area (TPSA) is 58.7 Å². The summed E-state index contributed by atoms with van der Waals surface area (Å²) in [6, 6.07) is 18.9. The van der Waals surface area contributed by atoms with Crippen molar-refractivity contribution >= 4 is 11.9 Å². The molecule has 2 aromatic carbocycles. The van der Waals surface area contributed by atoms with Gasteiger partial charge in [-0.05, 0) is 49.8 Å². The number of hydrogen-bond acceptors (Lipinski definition) is 3. The summed E-state index contributed by atoms with van der Waals surface area (Å²) in [6.07, 6.45) is 3.30. The van der Waals surface area contributed by atoms with Gasteiger partial charge in [-0.25, -0.2) is 4.68 Å². The molecule has 0 N–H and O–H groups in total. The summed E-state index contributed by atoms with van der Waals surface area (Å²) >= 11 is 0. The maximum absolute atomic E-state index is 12.6. The molecule has 25 heavy (non-hydrogen) atoms. The Hall–Kier alpha value is -3.45. The molecule has 1 heterocycles. The van der Waals surface area contributed by atoms with Gasteiger partial charge in [-0.1, -0.05) is 36.4 Å². The van der Waals surface area contributed by atoms with Crippen LogP contribution < -0.4 is 0 Å². The summed E-state index contributed by atoms with van der Waals surface area (Å²) in [6.45, 7) is 3.74. The Morgan fingerprint density at radius 1 is 1.08 bits per heavy atom. The molecule has 0 aliphatic rings. The van der Waals surface area contributed by atoms with Crippen LogP contribution >= 0.6 is 0 Å². The standard InChI is InChI=1S/C21H17N3O/c1-15-21(16(2)24(23-15)19-6-4-3-5-7-19)20(25)13-12-17-8-10-18(14-22)11-9-17/h3-13H,1-2H3/b13-12-. The van der Waals surface area contributed by atoms with Gasteiger partial charge in [0.2, 0.25) is 0 Å². The van der Waals surface area contributed by atoms with E-state index in [1.54, 1.807) is 29.0 Å². The molecule has 4 heteroatoms. The Morgan fingerprint density at radius 3 is 2.40 bits per heavy atom. The minimum atomic E-state index is -0.0819. The first kappa shape index (κ1) is 16.4. The van der Waals surface area contributed by atoms with Gasteiger partial charge >= 0.3 is 0 Å². The Bertz CT molecular complexity index is 974. The normalized spacial score (nSPS) is 10.8. The van der Waals surface area contributed by atoms with Crippen molar-refractivity contribution in [1.82, 2.24) is 9.78 Å². The number of carbonyl (C=O) groups is 1. The Balaban J connectivity index is 1.88.